The molecule has 0 aliphatic heterocycles. The van der Waals surface area contributed by atoms with Crippen molar-refractivity contribution in [3.05, 3.63) is 29.3 Å². The van der Waals surface area contributed by atoms with Gasteiger partial charge in [0.25, 0.3) is 0 Å². The molecule has 3 nitrogen and oxygen atoms in total. The van der Waals surface area contributed by atoms with Crippen LogP contribution >= 0.6 is 0 Å². The van der Waals surface area contributed by atoms with Crippen molar-refractivity contribution in [3.8, 4) is 0 Å². The first-order chi connectivity index (χ1) is 9.77. The maximum absolute atomic E-state index is 12.6. The number of hydrogen-bond donors (Lipinski definition) is 2. The van der Waals surface area contributed by atoms with E-state index in [1.54, 1.807) is 6.07 Å². The number of aryl methyl sites for hydroxylation is 1. The second-order valence-corrected chi connectivity index (χ2v) is 5.57. The van der Waals surface area contributed by atoms with Crippen molar-refractivity contribution in [1.82, 2.24) is 0 Å². The molecule has 2 N–H and O–H groups in total. The van der Waals surface area contributed by atoms with Gasteiger partial charge in [-0.15, -0.1) is 0 Å². The number of carbonyl (C=O) groups is 1. The molecule has 0 atom stereocenters. The lowest BCUT2D eigenvalue weighted by Gasteiger charge is -2.31. The van der Waals surface area contributed by atoms with Crippen LogP contribution in [0.3, 0.4) is 0 Å². The van der Waals surface area contributed by atoms with E-state index in [-0.39, 0.29) is 24.4 Å². The molecule has 1 aromatic carbocycles. The second-order valence-electron chi connectivity index (χ2n) is 5.57. The van der Waals surface area contributed by atoms with Gasteiger partial charge in [-0.25, -0.2) is 4.79 Å². The van der Waals surface area contributed by atoms with Crippen LogP contribution in [0.5, 0.6) is 0 Å². The molecule has 0 unspecified atom stereocenters. The van der Waals surface area contributed by atoms with E-state index in [1.165, 1.54) is 12.1 Å². The first kappa shape index (κ1) is 15.7. The van der Waals surface area contributed by atoms with Crippen molar-refractivity contribution in [1.29, 1.82) is 0 Å². The quantitative estimate of drug-likeness (QED) is 0.878. The van der Waals surface area contributed by atoms with Crippen LogP contribution in [-0.2, 0) is 0 Å². The van der Waals surface area contributed by atoms with Gasteiger partial charge in [-0.2, -0.15) is 13.2 Å². The summed E-state index contributed by atoms with van der Waals surface area (Å²) < 4.78 is 37.8. The molecule has 116 valence electrons. The molecule has 6 heteroatoms. The van der Waals surface area contributed by atoms with Gasteiger partial charge >= 0.3 is 12.1 Å². The molecule has 0 spiro atoms. The summed E-state index contributed by atoms with van der Waals surface area (Å²) in [5.74, 6) is -2.22. The Kier molecular flexibility index (Phi) is 4.44. The Bertz CT molecular complexity index is 520. The fourth-order valence-electron chi connectivity index (χ4n) is 2.70. The molecule has 2 rings (SSSR count). The minimum atomic E-state index is -4.11. The van der Waals surface area contributed by atoms with Crippen LogP contribution in [0.4, 0.5) is 18.9 Å². The van der Waals surface area contributed by atoms with E-state index in [4.69, 9.17) is 5.11 Å². The van der Waals surface area contributed by atoms with Crippen LogP contribution in [0, 0.1) is 12.8 Å². The minimum Gasteiger partial charge on any atom is -0.478 e. The van der Waals surface area contributed by atoms with Crippen LogP contribution in [-0.4, -0.2) is 23.3 Å². The average molecular weight is 301 g/mol. The maximum Gasteiger partial charge on any atom is 0.391 e. The Morgan fingerprint density at radius 3 is 2.38 bits per heavy atom. The van der Waals surface area contributed by atoms with Crippen LogP contribution in [0.15, 0.2) is 18.2 Å². The summed E-state index contributed by atoms with van der Waals surface area (Å²) in [6, 6.07) is 4.72. The molecule has 1 aliphatic rings. The van der Waals surface area contributed by atoms with Crippen molar-refractivity contribution >= 4 is 11.7 Å². The number of hydrogen-bond acceptors (Lipinski definition) is 2. The third kappa shape index (κ3) is 3.89. The van der Waals surface area contributed by atoms with E-state index >= 15 is 0 Å². The average Bonchev–Trinajstić information content (AvgIpc) is 2.40. The number of halogens is 3. The van der Waals surface area contributed by atoms with Crippen molar-refractivity contribution < 1.29 is 23.1 Å². The Balaban J connectivity index is 2.01. The lowest BCUT2D eigenvalue weighted by molar-refractivity contribution is -0.182. The monoisotopic (exact) mass is 301 g/mol. The van der Waals surface area contributed by atoms with Crippen molar-refractivity contribution in [3.63, 3.8) is 0 Å². The second kappa shape index (κ2) is 5.95. The van der Waals surface area contributed by atoms with Crippen LogP contribution in [0.1, 0.15) is 41.6 Å². The zero-order valence-electron chi connectivity index (χ0n) is 11.7. The van der Waals surface area contributed by atoms with Gasteiger partial charge in [-0.3, -0.25) is 0 Å². The molecule has 1 saturated carbocycles. The van der Waals surface area contributed by atoms with Gasteiger partial charge in [0.15, 0.2) is 0 Å². The zero-order valence-corrected chi connectivity index (χ0v) is 11.7. The lowest BCUT2D eigenvalue weighted by atomic mass is 9.85. The standard InChI is InChI=1S/C15H18F3NO2/c1-9-2-3-10(14(20)21)8-13(9)19-12-6-4-11(5-7-12)15(16,17)18/h2-3,8,11-12,19H,4-7H2,1H3,(H,20,21). The fourth-order valence-corrected chi connectivity index (χ4v) is 2.70. The number of rotatable bonds is 3. The molecule has 0 aromatic heterocycles. The molecule has 0 radical (unpaired) electrons. The van der Waals surface area contributed by atoms with E-state index in [2.05, 4.69) is 5.32 Å². The highest BCUT2D eigenvalue weighted by molar-refractivity contribution is 5.89. The minimum absolute atomic E-state index is 0.0358. The molecule has 0 bridgehead atoms. The predicted octanol–water partition coefficient (Wildman–Crippen LogP) is 4.23. The first-order valence-electron chi connectivity index (χ1n) is 6.94. The normalized spacial score (nSPS) is 22.9. The maximum atomic E-state index is 12.6. The van der Waals surface area contributed by atoms with Gasteiger partial charge in [-0.1, -0.05) is 6.07 Å². The Morgan fingerprint density at radius 1 is 1.24 bits per heavy atom. The summed E-state index contributed by atoms with van der Waals surface area (Å²) >= 11 is 0. The number of carboxylic acid groups (broad SMARTS) is 1. The molecule has 0 heterocycles. The molecular formula is C15H18F3NO2. The van der Waals surface area contributed by atoms with Gasteiger partial charge in [0.05, 0.1) is 11.5 Å². The molecule has 1 aliphatic carbocycles. The Morgan fingerprint density at radius 2 is 1.86 bits per heavy atom. The summed E-state index contributed by atoms with van der Waals surface area (Å²) in [4.78, 5) is 11.0. The van der Waals surface area contributed by atoms with Crippen molar-refractivity contribution in [2.24, 2.45) is 5.92 Å². The SMILES string of the molecule is Cc1ccc(C(=O)O)cc1NC1CCC(C(F)(F)F)CC1. The van der Waals surface area contributed by atoms with E-state index in [0.29, 0.717) is 18.5 Å². The predicted molar refractivity (Wildman–Crippen MR) is 73.6 cm³/mol. The largest absolute Gasteiger partial charge is 0.478 e. The number of alkyl halides is 3. The van der Waals surface area contributed by atoms with Crippen LogP contribution < -0.4 is 5.32 Å². The number of nitrogens with one attached hydrogen (secondary N) is 1. The molecule has 1 fully saturated rings. The van der Waals surface area contributed by atoms with Gasteiger partial charge in [-0.05, 0) is 50.3 Å². The van der Waals surface area contributed by atoms with Gasteiger partial charge in [0.1, 0.15) is 0 Å². The molecule has 21 heavy (non-hydrogen) atoms. The third-order valence-corrected chi connectivity index (χ3v) is 4.03. The van der Waals surface area contributed by atoms with E-state index < -0.39 is 18.1 Å². The number of anilines is 1. The summed E-state index contributed by atoms with van der Waals surface area (Å²) in [6.45, 7) is 1.84. The summed E-state index contributed by atoms with van der Waals surface area (Å²) in [5, 5.41) is 12.2. The lowest BCUT2D eigenvalue weighted by Crippen LogP contribution is -2.33. The highest BCUT2D eigenvalue weighted by atomic mass is 19.4. The van der Waals surface area contributed by atoms with E-state index in [1.807, 2.05) is 6.92 Å². The summed E-state index contributed by atoms with van der Waals surface area (Å²) in [6.07, 6.45) is -2.97. The Hall–Kier alpha value is -1.72. The van der Waals surface area contributed by atoms with E-state index in [0.717, 1.165) is 5.56 Å². The van der Waals surface area contributed by atoms with Crippen LogP contribution in [0.2, 0.25) is 0 Å². The zero-order chi connectivity index (χ0) is 15.6. The van der Waals surface area contributed by atoms with Gasteiger partial charge < -0.3 is 10.4 Å². The first-order valence-corrected chi connectivity index (χ1v) is 6.94. The van der Waals surface area contributed by atoms with E-state index in [9.17, 15) is 18.0 Å². The third-order valence-electron chi connectivity index (χ3n) is 4.03. The molecular weight excluding hydrogens is 283 g/mol. The summed E-state index contributed by atoms with van der Waals surface area (Å²) in [5.41, 5.74) is 1.75. The topological polar surface area (TPSA) is 49.3 Å². The molecule has 1 aromatic rings. The fraction of sp³-hybridized carbons (Fsp3) is 0.533. The van der Waals surface area contributed by atoms with Crippen LogP contribution in [0.25, 0.3) is 0 Å². The molecule has 0 amide bonds. The number of carboxylic acids is 1. The van der Waals surface area contributed by atoms with Crippen molar-refractivity contribution in [2.75, 3.05) is 5.32 Å². The van der Waals surface area contributed by atoms with Crippen molar-refractivity contribution in [2.45, 2.75) is 44.8 Å². The molecule has 0 saturated heterocycles. The highest BCUT2D eigenvalue weighted by Gasteiger charge is 2.41. The van der Waals surface area contributed by atoms with Gasteiger partial charge in [0.2, 0.25) is 0 Å². The Labute approximate surface area is 121 Å². The number of aromatic carboxylic acids is 1. The number of benzene rings is 1. The van der Waals surface area contributed by atoms with Gasteiger partial charge in [0, 0.05) is 11.7 Å². The highest BCUT2D eigenvalue weighted by Crippen LogP contribution is 2.38. The summed E-state index contributed by atoms with van der Waals surface area (Å²) in [7, 11) is 0. The smallest absolute Gasteiger partial charge is 0.391 e.